The zero-order valence-electron chi connectivity index (χ0n) is 12.7. The third-order valence-corrected chi connectivity index (χ3v) is 7.14. The molecule has 21 heavy (non-hydrogen) atoms. The van der Waals surface area contributed by atoms with Crippen molar-refractivity contribution in [3.8, 4) is 0 Å². The lowest BCUT2D eigenvalue weighted by Gasteiger charge is -2.34. The molecule has 1 unspecified atom stereocenters. The van der Waals surface area contributed by atoms with E-state index in [1.54, 1.807) is 0 Å². The van der Waals surface area contributed by atoms with E-state index in [0.29, 0.717) is 44.9 Å². The summed E-state index contributed by atoms with van der Waals surface area (Å²) in [4.78, 5) is 0. The molecule has 9 heteroatoms. The van der Waals surface area contributed by atoms with Crippen LogP contribution in [0.15, 0.2) is 0 Å². The lowest BCUT2D eigenvalue weighted by atomic mass is 10.0. The highest BCUT2D eigenvalue weighted by atomic mass is 32.2. The van der Waals surface area contributed by atoms with E-state index in [1.807, 2.05) is 0 Å². The Labute approximate surface area is 127 Å². The summed E-state index contributed by atoms with van der Waals surface area (Å²) in [6, 6.07) is -0.176. The zero-order valence-corrected chi connectivity index (χ0v) is 14.3. The standard InChI is InChI=1S/C12H25N3O4S2/c1-11-4-3-7-15(10-11)21(18,19)13-12-5-8-14(9-6-12)20(2,16)17/h11-13H,3-10H2,1-2H3. The third-order valence-electron chi connectivity index (χ3n) is 4.20. The molecule has 2 rings (SSSR count). The number of piperidine rings is 2. The normalized spacial score (nSPS) is 27.8. The van der Waals surface area contributed by atoms with Crippen molar-refractivity contribution in [2.75, 3.05) is 32.4 Å². The van der Waals surface area contributed by atoms with E-state index < -0.39 is 20.2 Å². The van der Waals surface area contributed by atoms with E-state index in [-0.39, 0.29) is 6.04 Å². The second-order valence-corrected chi connectivity index (χ2v) is 9.85. The van der Waals surface area contributed by atoms with Gasteiger partial charge in [0.1, 0.15) is 0 Å². The molecule has 0 spiro atoms. The predicted molar refractivity (Wildman–Crippen MR) is 81.5 cm³/mol. The lowest BCUT2D eigenvalue weighted by Crippen LogP contribution is -2.52. The van der Waals surface area contributed by atoms with Crippen molar-refractivity contribution in [1.82, 2.24) is 13.3 Å². The largest absolute Gasteiger partial charge is 0.279 e. The van der Waals surface area contributed by atoms with Gasteiger partial charge in [0.15, 0.2) is 0 Å². The Morgan fingerprint density at radius 1 is 0.952 bits per heavy atom. The summed E-state index contributed by atoms with van der Waals surface area (Å²) in [6.45, 7) is 3.95. The highest BCUT2D eigenvalue weighted by molar-refractivity contribution is 7.88. The van der Waals surface area contributed by atoms with Gasteiger partial charge in [0.2, 0.25) is 10.0 Å². The first-order valence-electron chi connectivity index (χ1n) is 7.41. The molecule has 2 fully saturated rings. The van der Waals surface area contributed by atoms with Gasteiger partial charge in [-0.3, -0.25) is 0 Å². The summed E-state index contributed by atoms with van der Waals surface area (Å²) in [5.41, 5.74) is 0. The van der Waals surface area contributed by atoms with Crippen LogP contribution in [0.5, 0.6) is 0 Å². The fourth-order valence-electron chi connectivity index (χ4n) is 2.96. The lowest BCUT2D eigenvalue weighted by molar-refractivity contribution is 0.268. The summed E-state index contributed by atoms with van der Waals surface area (Å²) in [6.07, 6.45) is 4.20. The number of nitrogens with one attached hydrogen (secondary N) is 1. The topological polar surface area (TPSA) is 86.8 Å². The first-order chi connectivity index (χ1) is 9.68. The van der Waals surface area contributed by atoms with Gasteiger partial charge in [0.05, 0.1) is 6.26 Å². The van der Waals surface area contributed by atoms with E-state index in [0.717, 1.165) is 12.8 Å². The molecule has 0 bridgehead atoms. The Kier molecular flexibility index (Phi) is 5.30. The van der Waals surface area contributed by atoms with Gasteiger partial charge >= 0.3 is 0 Å². The summed E-state index contributed by atoms with van der Waals surface area (Å²) in [7, 11) is -6.63. The highest BCUT2D eigenvalue weighted by Crippen LogP contribution is 2.19. The van der Waals surface area contributed by atoms with E-state index in [1.165, 1.54) is 14.9 Å². The molecule has 0 aromatic carbocycles. The minimum atomic E-state index is -3.45. The van der Waals surface area contributed by atoms with Crippen LogP contribution >= 0.6 is 0 Å². The molecule has 1 N–H and O–H groups in total. The second kappa shape index (κ2) is 6.49. The van der Waals surface area contributed by atoms with Crippen molar-refractivity contribution < 1.29 is 16.8 Å². The average Bonchev–Trinajstić information content (AvgIpc) is 2.38. The van der Waals surface area contributed by atoms with Crippen LogP contribution in [0, 0.1) is 5.92 Å². The van der Waals surface area contributed by atoms with Gasteiger partial charge < -0.3 is 0 Å². The quantitative estimate of drug-likeness (QED) is 0.780. The maximum atomic E-state index is 12.4. The van der Waals surface area contributed by atoms with E-state index in [2.05, 4.69) is 11.6 Å². The molecule has 2 heterocycles. The van der Waals surface area contributed by atoms with Crippen molar-refractivity contribution >= 4 is 20.2 Å². The van der Waals surface area contributed by atoms with Gasteiger partial charge in [-0.1, -0.05) is 6.92 Å². The van der Waals surface area contributed by atoms with Gasteiger partial charge in [-0.2, -0.15) is 17.4 Å². The molecule has 2 aliphatic heterocycles. The Balaban J connectivity index is 1.90. The average molecular weight is 339 g/mol. The van der Waals surface area contributed by atoms with E-state index in [4.69, 9.17) is 0 Å². The monoisotopic (exact) mass is 339 g/mol. The first kappa shape index (κ1) is 17.1. The van der Waals surface area contributed by atoms with Crippen LogP contribution in [0.25, 0.3) is 0 Å². The van der Waals surface area contributed by atoms with Crippen molar-refractivity contribution in [3.05, 3.63) is 0 Å². The third kappa shape index (κ3) is 4.62. The summed E-state index contributed by atoms with van der Waals surface area (Å²) < 4.78 is 53.3. The smallest absolute Gasteiger partial charge is 0.213 e. The number of nitrogens with zero attached hydrogens (tertiary/aromatic N) is 2. The zero-order chi connectivity index (χ0) is 15.7. The Hall–Kier alpha value is -0.220. The summed E-state index contributed by atoms with van der Waals surface area (Å²) >= 11 is 0. The number of hydrogen-bond donors (Lipinski definition) is 1. The van der Waals surface area contributed by atoms with Gasteiger partial charge in [0.25, 0.3) is 10.2 Å². The number of rotatable bonds is 4. The highest BCUT2D eigenvalue weighted by Gasteiger charge is 2.31. The van der Waals surface area contributed by atoms with Crippen LogP contribution in [0.3, 0.4) is 0 Å². The van der Waals surface area contributed by atoms with Crippen molar-refractivity contribution in [3.63, 3.8) is 0 Å². The molecule has 0 radical (unpaired) electrons. The Morgan fingerprint density at radius 3 is 2.10 bits per heavy atom. The summed E-state index contributed by atoms with van der Waals surface area (Å²) in [5.74, 6) is 0.391. The molecule has 0 aromatic rings. The van der Waals surface area contributed by atoms with Crippen molar-refractivity contribution in [1.29, 1.82) is 0 Å². The molecular formula is C12H25N3O4S2. The molecule has 2 saturated heterocycles. The molecule has 1 atom stereocenters. The van der Waals surface area contributed by atoms with Crippen LogP contribution < -0.4 is 4.72 Å². The molecule has 2 aliphatic rings. The number of sulfonamides is 1. The SMILES string of the molecule is CC1CCCN(S(=O)(=O)NC2CCN(S(C)(=O)=O)CC2)C1. The van der Waals surface area contributed by atoms with Gasteiger partial charge in [-0.25, -0.2) is 12.7 Å². The first-order valence-corrected chi connectivity index (χ1v) is 10.7. The fourth-order valence-corrected chi connectivity index (χ4v) is 5.46. The van der Waals surface area contributed by atoms with Gasteiger partial charge in [-0.05, 0) is 31.6 Å². The minimum absolute atomic E-state index is 0.176. The molecule has 0 saturated carbocycles. The van der Waals surface area contributed by atoms with Crippen LogP contribution in [-0.2, 0) is 20.2 Å². The van der Waals surface area contributed by atoms with Crippen LogP contribution in [0.2, 0.25) is 0 Å². The molecule has 0 aromatic heterocycles. The molecule has 0 aliphatic carbocycles. The van der Waals surface area contributed by atoms with Gasteiger partial charge in [-0.15, -0.1) is 0 Å². The molecule has 7 nitrogen and oxygen atoms in total. The Bertz CT molecular complexity index is 553. The van der Waals surface area contributed by atoms with Crippen LogP contribution in [0.4, 0.5) is 0 Å². The van der Waals surface area contributed by atoms with Gasteiger partial charge in [0, 0.05) is 32.2 Å². The summed E-state index contributed by atoms with van der Waals surface area (Å²) in [5, 5.41) is 0. The van der Waals surface area contributed by atoms with Crippen LogP contribution in [-0.4, -0.2) is 63.9 Å². The van der Waals surface area contributed by atoms with Crippen LogP contribution in [0.1, 0.15) is 32.6 Å². The molecule has 0 amide bonds. The Morgan fingerprint density at radius 2 is 1.57 bits per heavy atom. The predicted octanol–water partition coefficient (Wildman–Crippen LogP) is -0.0233. The van der Waals surface area contributed by atoms with E-state index in [9.17, 15) is 16.8 Å². The maximum absolute atomic E-state index is 12.4. The van der Waals surface area contributed by atoms with E-state index >= 15 is 0 Å². The molecular weight excluding hydrogens is 314 g/mol. The molecule has 124 valence electrons. The number of hydrogen-bond acceptors (Lipinski definition) is 4. The van der Waals surface area contributed by atoms with Crippen molar-refractivity contribution in [2.45, 2.75) is 38.6 Å². The van der Waals surface area contributed by atoms with Crippen molar-refractivity contribution in [2.24, 2.45) is 5.92 Å². The fraction of sp³-hybridized carbons (Fsp3) is 1.00. The maximum Gasteiger partial charge on any atom is 0.279 e. The second-order valence-electron chi connectivity index (χ2n) is 6.16. The minimum Gasteiger partial charge on any atom is -0.213 e.